The Balaban J connectivity index is 0.999. The van der Waals surface area contributed by atoms with E-state index in [1.54, 1.807) is 0 Å². The summed E-state index contributed by atoms with van der Waals surface area (Å²) in [5, 5.41) is 9.07. The van der Waals surface area contributed by atoms with Gasteiger partial charge >= 0.3 is 0 Å². The lowest BCUT2D eigenvalue weighted by atomic mass is 9.91. The van der Waals surface area contributed by atoms with E-state index in [1.807, 2.05) is 24.4 Å². The molecule has 6 heteroatoms. The Morgan fingerprint density at radius 2 is 1.40 bits per heavy atom. The van der Waals surface area contributed by atoms with Crippen LogP contribution < -0.4 is 5.32 Å². The lowest BCUT2D eigenvalue weighted by Gasteiger charge is -2.19. The molecule has 1 atom stereocenters. The number of aryl methyl sites for hydroxylation is 2. The molecular weight excluding hydrogens is 651 g/mol. The van der Waals surface area contributed by atoms with Crippen molar-refractivity contribution in [2.75, 3.05) is 0 Å². The van der Waals surface area contributed by atoms with Crippen molar-refractivity contribution >= 4 is 61.5 Å². The average Bonchev–Trinajstić information content (AvgIpc) is 3.62. The predicted octanol–water partition coefficient (Wildman–Crippen LogP) is 10.9. The maximum Gasteiger partial charge on any atom is 0.143 e. The fourth-order valence-electron chi connectivity index (χ4n) is 8.24. The maximum atomic E-state index is 6.62. The molecule has 8 aromatic rings. The smallest absolute Gasteiger partial charge is 0.143 e. The van der Waals surface area contributed by atoms with Crippen LogP contribution in [0.4, 0.5) is 0 Å². The number of nitrogens with one attached hydrogen (secondary N) is 1. The van der Waals surface area contributed by atoms with E-state index in [4.69, 9.17) is 24.4 Å². The molecule has 0 spiro atoms. The van der Waals surface area contributed by atoms with E-state index in [1.165, 1.54) is 21.9 Å². The van der Waals surface area contributed by atoms with Gasteiger partial charge < -0.3 is 9.73 Å². The van der Waals surface area contributed by atoms with Crippen LogP contribution in [-0.2, 0) is 12.8 Å². The third kappa shape index (κ3) is 4.94. The SMILES string of the molecule is C1=Cc2oc3c(ccc4c(-c5cccc(C6=NC(c7ccc8ccc9ccc(-c%10ccccc%10)nc9c8n7)C=CN6)c5)nc5c(c43)CCC=C5)c2CC1. The number of hydrogen-bond acceptors (Lipinski definition) is 6. The Hall–Kier alpha value is -6.66. The molecule has 11 rings (SSSR count). The first-order valence-corrected chi connectivity index (χ1v) is 18.4. The average molecular weight is 684 g/mol. The molecule has 0 radical (unpaired) electrons. The molecule has 1 unspecified atom stereocenters. The standard InChI is InChI=1S/C47H33N5O/c1-2-9-28(10-3-1)37-23-19-29-17-18-30-20-24-39(51-45(30)44(29)49-37)40-25-26-48-47(52-40)32-12-8-11-31(27-32)43-36-22-21-34-33-13-5-7-16-41(33)53-46(34)42(36)35-14-4-6-15-38(35)50-43/h1-3,6-12,15-27,40H,4-5,13-14H2,(H,48,52). The van der Waals surface area contributed by atoms with Crippen molar-refractivity contribution in [3.8, 4) is 22.5 Å². The van der Waals surface area contributed by atoms with Crippen molar-refractivity contribution in [3.05, 3.63) is 161 Å². The number of pyridine rings is 3. The Kier molecular flexibility index (Phi) is 6.77. The highest BCUT2D eigenvalue weighted by atomic mass is 16.3. The van der Waals surface area contributed by atoms with Crippen LogP contribution in [0.25, 0.3) is 78.2 Å². The lowest BCUT2D eigenvalue weighted by Crippen LogP contribution is -2.23. The molecule has 0 amide bonds. The molecule has 6 nitrogen and oxygen atoms in total. The topological polar surface area (TPSA) is 76.2 Å². The van der Waals surface area contributed by atoms with E-state index in [9.17, 15) is 0 Å². The third-order valence-electron chi connectivity index (χ3n) is 10.8. The normalized spacial score (nSPS) is 16.2. The van der Waals surface area contributed by atoms with Crippen molar-refractivity contribution in [3.63, 3.8) is 0 Å². The molecule has 0 saturated carbocycles. The van der Waals surface area contributed by atoms with Gasteiger partial charge in [-0.25, -0.2) is 15.0 Å². The maximum absolute atomic E-state index is 6.62. The number of benzene rings is 4. The van der Waals surface area contributed by atoms with Crippen LogP contribution in [0.2, 0.25) is 0 Å². The highest BCUT2D eigenvalue weighted by Crippen LogP contribution is 2.42. The minimum Gasteiger partial charge on any atom is -0.456 e. The number of nitrogens with zero attached hydrogens (tertiary/aromatic N) is 4. The molecule has 4 aromatic carbocycles. The van der Waals surface area contributed by atoms with Gasteiger partial charge in [-0.3, -0.25) is 4.99 Å². The van der Waals surface area contributed by atoms with Crippen molar-refractivity contribution in [2.24, 2.45) is 4.99 Å². The number of aromatic nitrogens is 3. The summed E-state index contributed by atoms with van der Waals surface area (Å²) in [4.78, 5) is 20.8. The van der Waals surface area contributed by atoms with Crippen molar-refractivity contribution in [1.29, 1.82) is 0 Å². The first kappa shape index (κ1) is 30.0. The first-order valence-electron chi connectivity index (χ1n) is 18.4. The summed E-state index contributed by atoms with van der Waals surface area (Å²) in [5.74, 6) is 1.78. The summed E-state index contributed by atoms with van der Waals surface area (Å²) >= 11 is 0. The number of allylic oxidation sites excluding steroid dienone is 2. The van der Waals surface area contributed by atoms with Crippen LogP contribution in [-0.4, -0.2) is 20.8 Å². The lowest BCUT2D eigenvalue weighted by molar-refractivity contribution is 0.598. The van der Waals surface area contributed by atoms with Gasteiger partial charge in [0.05, 0.1) is 33.8 Å². The zero-order valence-electron chi connectivity index (χ0n) is 28.9. The zero-order chi connectivity index (χ0) is 34.9. The Bertz CT molecular complexity index is 2930. The van der Waals surface area contributed by atoms with Gasteiger partial charge in [0.2, 0.25) is 0 Å². The summed E-state index contributed by atoms with van der Waals surface area (Å²) in [6.45, 7) is 0. The fourth-order valence-corrected chi connectivity index (χ4v) is 8.24. The molecular formula is C47H33N5O. The van der Waals surface area contributed by atoms with Gasteiger partial charge in [0.15, 0.2) is 0 Å². The molecule has 1 aliphatic heterocycles. The summed E-state index contributed by atoms with van der Waals surface area (Å²) in [6, 6.07) is 35.7. The van der Waals surface area contributed by atoms with Crippen LogP contribution in [0.15, 0.2) is 137 Å². The third-order valence-corrected chi connectivity index (χ3v) is 10.8. The number of furan rings is 1. The highest BCUT2D eigenvalue weighted by Gasteiger charge is 2.24. The molecule has 0 saturated heterocycles. The van der Waals surface area contributed by atoms with Crippen LogP contribution in [0, 0.1) is 0 Å². The minimum absolute atomic E-state index is 0.257. The van der Waals surface area contributed by atoms with E-state index in [0.717, 1.165) is 110 Å². The molecule has 1 N–H and O–H groups in total. The zero-order valence-corrected chi connectivity index (χ0v) is 28.9. The Morgan fingerprint density at radius 1 is 0.642 bits per heavy atom. The van der Waals surface area contributed by atoms with Gasteiger partial charge in [-0.05, 0) is 67.7 Å². The predicted molar refractivity (Wildman–Crippen MR) is 216 cm³/mol. The minimum atomic E-state index is -0.257. The number of hydrogen-bond donors (Lipinski definition) is 1. The van der Waals surface area contributed by atoms with Crippen LogP contribution in [0.3, 0.4) is 0 Å². The second-order valence-corrected chi connectivity index (χ2v) is 14.0. The van der Waals surface area contributed by atoms with E-state index in [2.05, 4.69) is 121 Å². The highest BCUT2D eigenvalue weighted by molar-refractivity contribution is 6.13. The van der Waals surface area contributed by atoms with Gasteiger partial charge in [-0.15, -0.1) is 0 Å². The van der Waals surface area contributed by atoms with Crippen LogP contribution in [0.5, 0.6) is 0 Å². The molecule has 4 aromatic heterocycles. The quantitative estimate of drug-likeness (QED) is 0.187. The van der Waals surface area contributed by atoms with E-state index in [0.29, 0.717) is 0 Å². The molecule has 0 bridgehead atoms. The van der Waals surface area contributed by atoms with Crippen molar-refractivity contribution in [1.82, 2.24) is 20.3 Å². The first-order chi connectivity index (χ1) is 26.2. The summed E-state index contributed by atoms with van der Waals surface area (Å²) in [7, 11) is 0. The summed E-state index contributed by atoms with van der Waals surface area (Å²) < 4.78 is 6.62. The van der Waals surface area contributed by atoms with Crippen LogP contribution >= 0.6 is 0 Å². The van der Waals surface area contributed by atoms with Crippen molar-refractivity contribution in [2.45, 2.75) is 31.7 Å². The molecule has 2 aliphatic carbocycles. The van der Waals surface area contributed by atoms with Gasteiger partial charge in [0, 0.05) is 55.4 Å². The van der Waals surface area contributed by atoms with E-state index in [-0.39, 0.29) is 6.04 Å². The number of amidine groups is 1. The number of fused-ring (bicyclic) bond motifs is 10. The van der Waals surface area contributed by atoms with Gasteiger partial charge in [-0.1, -0.05) is 97.1 Å². The molecule has 5 heterocycles. The van der Waals surface area contributed by atoms with Gasteiger partial charge in [0.25, 0.3) is 0 Å². The largest absolute Gasteiger partial charge is 0.456 e. The second-order valence-electron chi connectivity index (χ2n) is 14.0. The fraction of sp³-hybridized carbons (Fsp3) is 0.106. The summed E-state index contributed by atoms with van der Waals surface area (Å²) in [5.41, 5.74) is 12.2. The number of aliphatic imine (C=N–C) groups is 1. The van der Waals surface area contributed by atoms with E-state index < -0.39 is 0 Å². The second kappa shape index (κ2) is 12.0. The molecule has 252 valence electrons. The van der Waals surface area contributed by atoms with Crippen LogP contribution in [0.1, 0.15) is 52.7 Å². The summed E-state index contributed by atoms with van der Waals surface area (Å²) in [6.07, 6.45) is 16.8. The monoisotopic (exact) mass is 683 g/mol. The molecule has 53 heavy (non-hydrogen) atoms. The number of rotatable bonds is 4. The van der Waals surface area contributed by atoms with Crippen molar-refractivity contribution < 1.29 is 4.42 Å². The van der Waals surface area contributed by atoms with Gasteiger partial charge in [-0.2, -0.15) is 0 Å². The van der Waals surface area contributed by atoms with E-state index >= 15 is 0 Å². The Morgan fingerprint density at radius 3 is 2.30 bits per heavy atom. The van der Waals surface area contributed by atoms with Gasteiger partial charge in [0.1, 0.15) is 23.2 Å². The molecule has 0 fully saturated rings. The Labute approximate surface area is 306 Å². The molecule has 3 aliphatic rings.